The van der Waals surface area contributed by atoms with Crippen LogP contribution in [0.5, 0.6) is 0 Å². The van der Waals surface area contributed by atoms with E-state index in [-0.39, 0.29) is 9.52 Å². The van der Waals surface area contributed by atoms with Crippen molar-refractivity contribution in [1.29, 1.82) is 5.26 Å². The molecule has 0 saturated carbocycles. The van der Waals surface area contributed by atoms with Crippen LogP contribution in [0.4, 0.5) is 0 Å². The average molecular weight is 205 g/mol. The van der Waals surface area contributed by atoms with Crippen LogP contribution in [0.1, 0.15) is 0 Å². The van der Waals surface area contributed by atoms with Crippen molar-refractivity contribution in [3.8, 4) is 6.07 Å². The molecule has 1 nitrogen and oxygen atoms in total. The second-order valence-electron chi connectivity index (χ2n) is 1.10. The summed E-state index contributed by atoms with van der Waals surface area (Å²) in [7, 11) is 0. The first-order valence-electron chi connectivity index (χ1n) is 1.84. The van der Waals surface area contributed by atoms with Crippen LogP contribution in [0, 0.1) is 11.3 Å². The van der Waals surface area contributed by atoms with Gasteiger partial charge in [-0.05, 0) is 0 Å². The molecule has 0 bridgehead atoms. The van der Waals surface area contributed by atoms with Crippen molar-refractivity contribution in [2.75, 3.05) is 0 Å². The quantitative estimate of drug-likeness (QED) is 0.603. The average Bonchev–Trinajstić information content (AvgIpc) is 1.84. The Bertz CT molecular complexity index is 164. The van der Waals surface area contributed by atoms with E-state index < -0.39 is 5.38 Å². The second kappa shape index (κ2) is 4.24. The molecule has 0 aromatic rings. The molecule has 0 aliphatic rings. The summed E-state index contributed by atoms with van der Waals surface area (Å²) in [6, 6.07) is 1.65. The summed E-state index contributed by atoms with van der Waals surface area (Å²) in [5.74, 6) is 0. The Kier molecular flexibility index (Phi) is 4.43. The van der Waals surface area contributed by atoms with Crippen molar-refractivity contribution >= 4 is 46.4 Å². The zero-order valence-electron chi connectivity index (χ0n) is 4.04. The van der Waals surface area contributed by atoms with Crippen LogP contribution in [0.25, 0.3) is 0 Å². The van der Waals surface area contributed by atoms with Crippen LogP contribution in [-0.4, -0.2) is 5.38 Å². The molecule has 1 unspecified atom stereocenters. The lowest BCUT2D eigenvalue weighted by Crippen LogP contribution is -1.92. The molecule has 0 N–H and O–H groups in total. The van der Waals surface area contributed by atoms with E-state index in [1.54, 1.807) is 6.07 Å². The normalized spacial score (nSPS) is 11.9. The summed E-state index contributed by atoms with van der Waals surface area (Å²) in [5.41, 5.74) is 0. The molecule has 0 rings (SSSR count). The van der Waals surface area contributed by atoms with E-state index in [1.165, 1.54) is 0 Å². The minimum atomic E-state index is -0.948. The van der Waals surface area contributed by atoms with E-state index in [0.29, 0.717) is 0 Å². The number of nitrogens with zero attached hydrogens (tertiary/aromatic N) is 1. The monoisotopic (exact) mass is 203 g/mol. The van der Waals surface area contributed by atoms with E-state index in [1.807, 2.05) is 0 Å². The van der Waals surface area contributed by atoms with Gasteiger partial charge in [0.15, 0.2) is 5.38 Å². The van der Waals surface area contributed by atoms with Crippen molar-refractivity contribution in [3.05, 3.63) is 9.52 Å². The van der Waals surface area contributed by atoms with Crippen LogP contribution in [0.2, 0.25) is 0 Å². The maximum atomic E-state index is 8.14. The minimum Gasteiger partial charge on any atom is -0.196 e. The highest BCUT2D eigenvalue weighted by Gasteiger charge is 2.09. The number of alkyl halides is 1. The van der Waals surface area contributed by atoms with Crippen LogP contribution in [-0.2, 0) is 0 Å². The molecule has 0 aromatic carbocycles. The van der Waals surface area contributed by atoms with Gasteiger partial charge in [-0.25, -0.2) is 0 Å². The smallest absolute Gasteiger partial charge is 0.158 e. The van der Waals surface area contributed by atoms with Gasteiger partial charge in [0, 0.05) is 0 Å². The Morgan fingerprint density at radius 1 is 1.33 bits per heavy atom. The van der Waals surface area contributed by atoms with E-state index in [2.05, 4.69) is 0 Å². The topological polar surface area (TPSA) is 23.8 Å². The van der Waals surface area contributed by atoms with Gasteiger partial charge in [-0.2, -0.15) is 5.26 Å². The summed E-state index contributed by atoms with van der Waals surface area (Å²) in [6.45, 7) is 0. The Morgan fingerprint density at radius 3 is 1.89 bits per heavy atom. The van der Waals surface area contributed by atoms with Crippen LogP contribution in [0.15, 0.2) is 9.52 Å². The molecule has 0 spiro atoms. The molecule has 0 aliphatic carbocycles. The van der Waals surface area contributed by atoms with Crippen LogP contribution < -0.4 is 0 Å². The highest BCUT2D eigenvalue weighted by atomic mass is 35.5. The predicted octanol–water partition coefficient (Wildman–Crippen LogP) is 3.00. The molecule has 0 radical (unpaired) electrons. The second-order valence-corrected chi connectivity index (χ2v) is 2.89. The largest absolute Gasteiger partial charge is 0.196 e. The number of nitriles is 1. The summed E-state index contributed by atoms with van der Waals surface area (Å²) in [4.78, 5) is 0. The Hall–Kier alpha value is 0.390. The molecule has 5 heteroatoms. The van der Waals surface area contributed by atoms with Gasteiger partial charge in [0.05, 0.1) is 11.1 Å². The van der Waals surface area contributed by atoms with Gasteiger partial charge in [0.2, 0.25) is 0 Å². The first kappa shape index (κ1) is 9.39. The summed E-state index contributed by atoms with van der Waals surface area (Å²) in [5, 5.41) is 7.15. The molecule has 50 valence electrons. The fraction of sp³-hybridized carbons (Fsp3) is 0.250. The van der Waals surface area contributed by atoms with Gasteiger partial charge >= 0.3 is 0 Å². The lowest BCUT2D eigenvalue weighted by Gasteiger charge is -1.94. The maximum Gasteiger partial charge on any atom is 0.158 e. The highest BCUT2D eigenvalue weighted by molar-refractivity contribution is 6.60. The number of allylic oxidation sites excluding steroid dienone is 1. The fourth-order valence-electron chi connectivity index (χ4n) is 0.152. The molecule has 9 heavy (non-hydrogen) atoms. The van der Waals surface area contributed by atoms with Gasteiger partial charge in [-0.1, -0.05) is 34.8 Å². The number of hydrogen-bond acceptors (Lipinski definition) is 1. The zero-order chi connectivity index (χ0) is 7.44. The molecule has 0 aliphatic heterocycles. The third-order valence-electron chi connectivity index (χ3n) is 0.516. The first-order chi connectivity index (χ1) is 4.09. The fourth-order valence-corrected chi connectivity index (χ4v) is 0.640. The molecule has 0 aromatic heterocycles. The van der Waals surface area contributed by atoms with E-state index >= 15 is 0 Å². The SMILES string of the molecule is N#CC(Cl)C(Cl)=C(Cl)Cl. The Morgan fingerprint density at radius 2 is 1.78 bits per heavy atom. The molecular weight excluding hydrogens is 204 g/mol. The number of hydrogen-bond donors (Lipinski definition) is 0. The highest BCUT2D eigenvalue weighted by Crippen LogP contribution is 2.23. The first-order valence-corrected chi connectivity index (χ1v) is 3.41. The lowest BCUT2D eigenvalue weighted by atomic mass is 10.4. The van der Waals surface area contributed by atoms with Crippen LogP contribution >= 0.6 is 46.4 Å². The molecule has 0 heterocycles. The van der Waals surface area contributed by atoms with Gasteiger partial charge < -0.3 is 0 Å². The minimum absolute atomic E-state index is 0.0394. The van der Waals surface area contributed by atoms with E-state index in [0.717, 1.165) is 0 Å². The molecule has 0 saturated heterocycles. The van der Waals surface area contributed by atoms with Crippen molar-refractivity contribution in [2.45, 2.75) is 5.38 Å². The number of halogens is 4. The van der Waals surface area contributed by atoms with Crippen molar-refractivity contribution in [3.63, 3.8) is 0 Å². The lowest BCUT2D eigenvalue weighted by molar-refractivity contribution is 1.33. The van der Waals surface area contributed by atoms with Crippen molar-refractivity contribution in [1.82, 2.24) is 0 Å². The maximum absolute atomic E-state index is 8.14. The molecular formula is C4HCl4N. The van der Waals surface area contributed by atoms with Gasteiger partial charge in [-0.15, -0.1) is 11.6 Å². The predicted molar refractivity (Wildman–Crippen MR) is 39.8 cm³/mol. The summed E-state index contributed by atoms with van der Waals surface area (Å²) in [6.07, 6.45) is 0. The standard InChI is InChI=1S/C4HCl4N/c5-2(1-9)3(6)4(7)8/h2H. The molecule has 0 amide bonds. The summed E-state index contributed by atoms with van der Waals surface area (Å²) < 4.78 is -0.168. The van der Waals surface area contributed by atoms with Crippen LogP contribution in [0.3, 0.4) is 0 Å². The number of rotatable bonds is 1. The van der Waals surface area contributed by atoms with E-state index in [9.17, 15) is 0 Å². The van der Waals surface area contributed by atoms with Crippen molar-refractivity contribution in [2.24, 2.45) is 0 Å². The zero-order valence-corrected chi connectivity index (χ0v) is 7.06. The van der Waals surface area contributed by atoms with E-state index in [4.69, 9.17) is 51.7 Å². The van der Waals surface area contributed by atoms with Gasteiger partial charge in [-0.3, -0.25) is 0 Å². The molecule has 0 fully saturated rings. The Balaban J connectivity index is 4.25. The van der Waals surface area contributed by atoms with Gasteiger partial charge in [0.1, 0.15) is 4.49 Å². The third kappa shape index (κ3) is 3.17. The van der Waals surface area contributed by atoms with Crippen molar-refractivity contribution < 1.29 is 0 Å². The van der Waals surface area contributed by atoms with Gasteiger partial charge in [0.25, 0.3) is 0 Å². The third-order valence-corrected chi connectivity index (χ3v) is 1.95. The Labute approximate surface area is 72.8 Å². The summed E-state index contributed by atoms with van der Waals surface area (Å²) >= 11 is 21.0. The molecule has 1 atom stereocenters.